The van der Waals surface area contributed by atoms with Crippen LogP contribution in [0.3, 0.4) is 0 Å². The van der Waals surface area contributed by atoms with E-state index in [1.54, 1.807) is 12.1 Å². The van der Waals surface area contributed by atoms with Crippen LogP contribution in [-0.4, -0.2) is 37.5 Å². The molecule has 2 rings (SSSR count). The van der Waals surface area contributed by atoms with Gasteiger partial charge in [0.25, 0.3) is 11.8 Å². The Morgan fingerprint density at radius 1 is 0.900 bits per heavy atom. The van der Waals surface area contributed by atoms with Crippen molar-refractivity contribution in [1.29, 1.82) is 0 Å². The lowest BCUT2D eigenvalue weighted by Gasteiger charge is -2.21. The lowest BCUT2D eigenvalue weighted by Crippen LogP contribution is -2.43. The lowest BCUT2D eigenvalue weighted by molar-refractivity contribution is -0.150. The van der Waals surface area contributed by atoms with Crippen molar-refractivity contribution in [2.45, 2.75) is 33.1 Å². The van der Waals surface area contributed by atoms with Gasteiger partial charge in [-0.3, -0.25) is 25.2 Å². The predicted octanol–water partition coefficient (Wildman–Crippen LogP) is 3.03. The van der Waals surface area contributed by atoms with Crippen molar-refractivity contribution < 1.29 is 19.1 Å². The van der Waals surface area contributed by atoms with Crippen LogP contribution in [0, 0.1) is 0 Å². The van der Waals surface area contributed by atoms with Gasteiger partial charge in [-0.15, -0.1) is 0 Å². The van der Waals surface area contributed by atoms with E-state index >= 15 is 0 Å². The average Bonchev–Trinajstić information content (AvgIpc) is 2.78. The molecule has 0 aliphatic carbocycles. The minimum absolute atomic E-state index is 0.415. The van der Waals surface area contributed by atoms with Crippen molar-refractivity contribution in [3.63, 3.8) is 0 Å². The first kappa shape index (κ1) is 22.9. The highest BCUT2D eigenvalue weighted by Crippen LogP contribution is 2.20. The fraction of sp³-hybridized carbons (Fsp3) is 0.348. The second kappa shape index (κ2) is 11.6. The molecule has 0 bridgehead atoms. The van der Waals surface area contributed by atoms with Gasteiger partial charge < -0.3 is 9.64 Å². The molecule has 2 N–H and O–H groups in total. The summed E-state index contributed by atoms with van der Waals surface area (Å²) in [6, 6.07) is 16.4. The molecule has 7 heteroatoms. The van der Waals surface area contributed by atoms with Gasteiger partial charge in [0.15, 0.2) is 6.61 Å². The van der Waals surface area contributed by atoms with Crippen LogP contribution in [0.25, 0.3) is 0 Å². The fourth-order valence-corrected chi connectivity index (χ4v) is 3.11. The molecule has 2 amide bonds. The molecule has 30 heavy (non-hydrogen) atoms. The zero-order valence-corrected chi connectivity index (χ0v) is 17.7. The van der Waals surface area contributed by atoms with Crippen LogP contribution in [0.1, 0.15) is 49.0 Å². The van der Waals surface area contributed by atoms with Crippen molar-refractivity contribution in [3.8, 4) is 0 Å². The average molecular weight is 412 g/mol. The molecule has 160 valence electrons. The van der Waals surface area contributed by atoms with E-state index in [-0.39, 0.29) is 0 Å². The van der Waals surface area contributed by atoms with E-state index in [9.17, 15) is 14.4 Å². The summed E-state index contributed by atoms with van der Waals surface area (Å²) in [6.45, 7) is 7.29. The Morgan fingerprint density at radius 2 is 1.53 bits per heavy atom. The van der Waals surface area contributed by atoms with Gasteiger partial charge in [0, 0.05) is 24.3 Å². The molecule has 0 saturated carbocycles. The van der Waals surface area contributed by atoms with E-state index in [0.717, 1.165) is 24.3 Å². The summed E-state index contributed by atoms with van der Waals surface area (Å²) in [5.41, 5.74) is 6.88. The summed E-state index contributed by atoms with van der Waals surface area (Å²) in [5, 5.41) is 0. The van der Waals surface area contributed by atoms with Gasteiger partial charge in [0.05, 0.1) is 5.92 Å². The molecule has 0 aliphatic heterocycles. The molecule has 2 aromatic rings. The highest BCUT2D eigenvalue weighted by atomic mass is 16.5. The second-order valence-electron chi connectivity index (χ2n) is 6.70. The Balaban J connectivity index is 1.81. The zero-order chi connectivity index (χ0) is 21.9. The molecule has 2 aromatic carbocycles. The Hall–Kier alpha value is -3.35. The maximum absolute atomic E-state index is 12.3. The van der Waals surface area contributed by atoms with Crippen molar-refractivity contribution in [2.75, 3.05) is 24.6 Å². The maximum Gasteiger partial charge on any atom is 0.313 e. The Kier molecular flexibility index (Phi) is 8.87. The van der Waals surface area contributed by atoms with E-state index in [1.807, 2.05) is 49.4 Å². The number of esters is 1. The van der Waals surface area contributed by atoms with Gasteiger partial charge in [-0.1, -0.05) is 37.3 Å². The molecule has 0 heterocycles. The SMILES string of the molecule is CC[C@H](C(=O)OCC(=O)NNC(=O)c1ccc(N(CC)CC)cc1)c1ccccc1. The first-order chi connectivity index (χ1) is 14.5. The number of rotatable bonds is 9. The van der Waals surface area contributed by atoms with E-state index in [4.69, 9.17) is 4.74 Å². The topological polar surface area (TPSA) is 87.7 Å². The number of nitrogens with zero attached hydrogens (tertiary/aromatic N) is 1. The van der Waals surface area contributed by atoms with Crippen molar-refractivity contribution >= 4 is 23.5 Å². The van der Waals surface area contributed by atoms with Crippen LogP contribution >= 0.6 is 0 Å². The van der Waals surface area contributed by atoms with Crippen LogP contribution in [-0.2, 0) is 14.3 Å². The predicted molar refractivity (Wildman–Crippen MR) is 116 cm³/mol. The van der Waals surface area contributed by atoms with E-state index in [1.165, 1.54) is 0 Å². The number of hydrazine groups is 1. The number of amides is 2. The van der Waals surface area contributed by atoms with E-state index in [2.05, 4.69) is 29.6 Å². The number of hydrogen-bond donors (Lipinski definition) is 2. The van der Waals surface area contributed by atoms with Gasteiger partial charge in [0.1, 0.15) is 0 Å². The van der Waals surface area contributed by atoms with Gasteiger partial charge in [-0.05, 0) is 50.1 Å². The van der Waals surface area contributed by atoms with Crippen LogP contribution in [0.4, 0.5) is 5.69 Å². The van der Waals surface area contributed by atoms with E-state index in [0.29, 0.717) is 12.0 Å². The van der Waals surface area contributed by atoms with Crippen LogP contribution < -0.4 is 15.8 Å². The zero-order valence-electron chi connectivity index (χ0n) is 17.7. The van der Waals surface area contributed by atoms with Crippen LogP contribution in [0.5, 0.6) is 0 Å². The Morgan fingerprint density at radius 3 is 2.10 bits per heavy atom. The van der Waals surface area contributed by atoms with Crippen molar-refractivity contribution in [3.05, 3.63) is 65.7 Å². The minimum atomic E-state index is -0.612. The number of ether oxygens (including phenoxy) is 1. The van der Waals surface area contributed by atoms with Crippen molar-refractivity contribution in [1.82, 2.24) is 10.9 Å². The van der Waals surface area contributed by atoms with Gasteiger partial charge in [-0.2, -0.15) is 0 Å². The molecule has 0 aliphatic rings. The maximum atomic E-state index is 12.3. The third-order valence-electron chi connectivity index (χ3n) is 4.81. The number of carbonyl (C=O) groups excluding carboxylic acids is 3. The monoisotopic (exact) mass is 411 g/mol. The molecule has 0 spiro atoms. The van der Waals surface area contributed by atoms with E-state index < -0.39 is 30.3 Å². The molecule has 0 radical (unpaired) electrons. The number of nitrogens with one attached hydrogen (secondary N) is 2. The quantitative estimate of drug-likeness (QED) is 0.489. The van der Waals surface area contributed by atoms with Crippen molar-refractivity contribution in [2.24, 2.45) is 0 Å². The summed E-state index contributed by atoms with van der Waals surface area (Å²) in [5.74, 6) is -1.97. The molecular formula is C23H29N3O4. The van der Waals surface area contributed by atoms with Gasteiger partial charge >= 0.3 is 5.97 Å². The third kappa shape index (κ3) is 6.34. The summed E-state index contributed by atoms with van der Waals surface area (Å²) < 4.78 is 5.11. The smallest absolute Gasteiger partial charge is 0.313 e. The first-order valence-electron chi connectivity index (χ1n) is 10.2. The summed E-state index contributed by atoms with van der Waals surface area (Å²) in [7, 11) is 0. The molecular weight excluding hydrogens is 382 g/mol. The largest absolute Gasteiger partial charge is 0.455 e. The molecule has 1 atom stereocenters. The standard InChI is InChI=1S/C23H29N3O4/c1-4-20(17-10-8-7-9-11-17)23(29)30-16-21(27)24-25-22(28)18-12-14-19(15-13-18)26(5-2)6-3/h7-15,20H,4-6,16H2,1-3H3,(H,24,27)(H,25,28)/t20-/m0/s1. The molecule has 0 fully saturated rings. The Labute approximate surface area is 177 Å². The summed E-state index contributed by atoms with van der Waals surface area (Å²) in [6.07, 6.45) is 0.560. The van der Waals surface area contributed by atoms with Crippen LogP contribution in [0.2, 0.25) is 0 Å². The molecule has 0 saturated heterocycles. The molecule has 0 aromatic heterocycles. The summed E-state index contributed by atoms with van der Waals surface area (Å²) >= 11 is 0. The highest BCUT2D eigenvalue weighted by molar-refractivity contribution is 5.96. The normalized spacial score (nSPS) is 11.3. The first-order valence-corrected chi connectivity index (χ1v) is 10.2. The fourth-order valence-electron chi connectivity index (χ4n) is 3.11. The van der Waals surface area contributed by atoms with Crippen LogP contribution in [0.15, 0.2) is 54.6 Å². The third-order valence-corrected chi connectivity index (χ3v) is 4.81. The van der Waals surface area contributed by atoms with Gasteiger partial charge in [0.2, 0.25) is 0 Å². The minimum Gasteiger partial charge on any atom is -0.455 e. The number of benzene rings is 2. The summed E-state index contributed by atoms with van der Waals surface area (Å²) in [4.78, 5) is 38.6. The molecule has 7 nitrogen and oxygen atoms in total. The number of anilines is 1. The second-order valence-corrected chi connectivity index (χ2v) is 6.70. The number of carbonyl (C=O) groups is 3. The number of hydrogen-bond acceptors (Lipinski definition) is 5. The lowest BCUT2D eigenvalue weighted by atomic mass is 9.97. The Bertz CT molecular complexity index is 833. The highest BCUT2D eigenvalue weighted by Gasteiger charge is 2.21. The van der Waals surface area contributed by atoms with Gasteiger partial charge in [-0.25, -0.2) is 0 Å². The molecule has 0 unspecified atom stereocenters.